The van der Waals surface area contributed by atoms with E-state index in [4.69, 9.17) is 22.9 Å². The van der Waals surface area contributed by atoms with Gasteiger partial charge in [-0.3, -0.25) is 0 Å². The summed E-state index contributed by atoms with van der Waals surface area (Å²) in [5.74, 6) is 0.720. The summed E-state index contributed by atoms with van der Waals surface area (Å²) in [6, 6.07) is 10.6. The van der Waals surface area contributed by atoms with Crippen molar-refractivity contribution in [3.8, 4) is 10.8 Å². The lowest BCUT2D eigenvalue weighted by Gasteiger charge is -2.01. The Labute approximate surface area is 96.5 Å². The van der Waals surface area contributed by atoms with Crippen molar-refractivity contribution in [1.82, 2.24) is 0 Å². The molecule has 0 radical (unpaired) electrons. The highest BCUT2D eigenvalue weighted by Crippen LogP contribution is 2.34. The Balaban J connectivity index is 2.15. The Morgan fingerprint density at radius 1 is 1.13 bits per heavy atom. The van der Waals surface area contributed by atoms with E-state index in [1.54, 1.807) is 36.4 Å². The van der Waals surface area contributed by atoms with Gasteiger partial charge in [0.15, 0.2) is 5.06 Å². The molecule has 1 heterocycles. The van der Waals surface area contributed by atoms with Crippen LogP contribution in [0.4, 0.5) is 5.00 Å². The predicted molar refractivity (Wildman–Crippen MR) is 62.1 cm³/mol. The topological polar surface area (TPSA) is 13.6 Å². The molecule has 1 aromatic heterocycles. The molecule has 1 aromatic carbocycles. The van der Waals surface area contributed by atoms with Crippen molar-refractivity contribution in [2.45, 2.75) is 0 Å². The van der Waals surface area contributed by atoms with Gasteiger partial charge in [0, 0.05) is 5.02 Å². The third-order valence-corrected chi connectivity index (χ3v) is 2.82. The monoisotopic (exact) mass is 235 g/mol. The van der Waals surface area contributed by atoms with E-state index >= 15 is 0 Å². The lowest BCUT2D eigenvalue weighted by Crippen LogP contribution is -1.78. The summed E-state index contributed by atoms with van der Waals surface area (Å²) in [5, 5.41) is 2.01. The SMILES string of the molecule is [C-]#[N+]c1ccc(Oc2ccc(Cl)cc2)s1. The van der Waals surface area contributed by atoms with E-state index in [0.717, 1.165) is 5.75 Å². The maximum atomic E-state index is 6.83. The first kappa shape index (κ1) is 10.0. The fourth-order valence-electron chi connectivity index (χ4n) is 1.04. The molecule has 2 rings (SSSR count). The Kier molecular flexibility index (Phi) is 2.91. The van der Waals surface area contributed by atoms with Crippen LogP contribution >= 0.6 is 22.9 Å². The fourth-order valence-corrected chi connectivity index (χ4v) is 1.83. The molecule has 4 heteroatoms. The number of hydrogen-bond donors (Lipinski definition) is 0. The summed E-state index contributed by atoms with van der Waals surface area (Å²) in [4.78, 5) is 3.31. The van der Waals surface area contributed by atoms with Crippen molar-refractivity contribution < 1.29 is 4.74 Å². The van der Waals surface area contributed by atoms with E-state index in [0.29, 0.717) is 15.1 Å². The van der Waals surface area contributed by atoms with Crippen LogP contribution in [0.5, 0.6) is 10.8 Å². The summed E-state index contributed by atoms with van der Waals surface area (Å²) < 4.78 is 5.53. The normalized spacial score (nSPS) is 9.60. The van der Waals surface area contributed by atoms with Crippen LogP contribution in [0.1, 0.15) is 0 Å². The first-order valence-corrected chi connectivity index (χ1v) is 5.38. The molecule has 2 aromatic rings. The van der Waals surface area contributed by atoms with E-state index in [1.807, 2.05) is 0 Å². The highest BCUT2D eigenvalue weighted by Gasteiger charge is 2.01. The number of hydrogen-bond acceptors (Lipinski definition) is 2. The molecule has 0 fully saturated rings. The molecule has 0 N–H and O–H groups in total. The zero-order valence-electron chi connectivity index (χ0n) is 7.61. The largest absolute Gasteiger partial charge is 0.448 e. The summed E-state index contributed by atoms with van der Waals surface area (Å²) in [6.45, 7) is 6.83. The molecule has 0 aliphatic heterocycles. The van der Waals surface area contributed by atoms with Crippen LogP contribution in [-0.2, 0) is 0 Å². The number of benzene rings is 1. The lowest BCUT2D eigenvalue weighted by molar-refractivity contribution is 0.496. The summed E-state index contributed by atoms with van der Waals surface area (Å²) in [6.07, 6.45) is 0. The molecule has 0 unspecified atom stereocenters. The average Bonchev–Trinajstić information content (AvgIpc) is 2.69. The second-order valence-corrected chi connectivity index (χ2v) is 4.22. The number of ether oxygens (including phenoxy) is 1. The molecule has 2 nitrogen and oxygen atoms in total. The fraction of sp³-hybridized carbons (Fsp3) is 0. The highest BCUT2D eigenvalue weighted by molar-refractivity contribution is 7.17. The zero-order chi connectivity index (χ0) is 10.7. The molecule has 0 amide bonds. The van der Waals surface area contributed by atoms with Crippen LogP contribution in [0.25, 0.3) is 4.85 Å². The van der Waals surface area contributed by atoms with Gasteiger partial charge >= 0.3 is 0 Å². The van der Waals surface area contributed by atoms with Crippen LogP contribution in [0.3, 0.4) is 0 Å². The van der Waals surface area contributed by atoms with Gasteiger partial charge in [-0.25, -0.2) is 4.85 Å². The van der Waals surface area contributed by atoms with Gasteiger partial charge in [0.05, 0.1) is 6.57 Å². The second-order valence-electron chi connectivity index (χ2n) is 2.76. The van der Waals surface area contributed by atoms with Gasteiger partial charge in [0.2, 0.25) is 5.00 Å². The van der Waals surface area contributed by atoms with Crippen molar-refractivity contribution in [2.75, 3.05) is 0 Å². The van der Waals surface area contributed by atoms with Crippen molar-refractivity contribution in [3.05, 3.63) is 52.8 Å². The first-order valence-electron chi connectivity index (χ1n) is 4.18. The molecular weight excluding hydrogens is 230 g/mol. The molecule has 0 saturated carbocycles. The maximum Gasteiger partial charge on any atom is 0.244 e. The summed E-state index contributed by atoms with van der Waals surface area (Å²) in [7, 11) is 0. The van der Waals surface area contributed by atoms with Crippen molar-refractivity contribution in [1.29, 1.82) is 0 Å². The van der Waals surface area contributed by atoms with Gasteiger partial charge in [0.1, 0.15) is 5.75 Å². The minimum absolute atomic E-state index is 0.624. The molecule has 0 atom stereocenters. The zero-order valence-corrected chi connectivity index (χ0v) is 9.18. The van der Waals surface area contributed by atoms with E-state index in [9.17, 15) is 0 Å². The number of nitrogens with zero attached hydrogens (tertiary/aromatic N) is 1. The molecule has 0 aliphatic rings. The minimum Gasteiger partial charge on any atom is -0.448 e. The van der Waals surface area contributed by atoms with Crippen LogP contribution in [0, 0.1) is 6.57 Å². The van der Waals surface area contributed by atoms with Gasteiger partial charge in [0.25, 0.3) is 0 Å². The quantitative estimate of drug-likeness (QED) is 0.686. The van der Waals surface area contributed by atoms with Crippen molar-refractivity contribution >= 4 is 27.9 Å². The second kappa shape index (κ2) is 4.35. The van der Waals surface area contributed by atoms with Crippen LogP contribution in [-0.4, -0.2) is 0 Å². The maximum absolute atomic E-state index is 6.83. The van der Waals surface area contributed by atoms with E-state index in [2.05, 4.69) is 4.85 Å². The van der Waals surface area contributed by atoms with Crippen molar-refractivity contribution in [3.63, 3.8) is 0 Å². The van der Waals surface area contributed by atoms with Crippen LogP contribution in [0.15, 0.2) is 36.4 Å². The first-order chi connectivity index (χ1) is 7.28. The van der Waals surface area contributed by atoms with Gasteiger partial charge in [-0.2, -0.15) is 0 Å². The van der Waals surface area contributed by atoms with E-state index < -0.39 is 0 Å². The smallest absolute Gasteiger partial charge is 0.244 e. The number of halogens is 1. The molecule has 0 bridgehead atoms. The third kappa shape index (κ3) is 2.50. The Bertz CT molecular complexity index is 498. The molecule has 0 spiro atoms. The minimum atomic E-state index is 0.624. The van der Waals surface area contributed by atoms with Gasteiger partial charge in [-0.1, -0.05) is 11.6 Å². The molecule has 0 aliphatic carbocycles. The van der Waals surface area contributed by atoms with Gasteiger partial charge in [-0.05, 0) is 36.4 Å². The Morgan fingerprint density at radius 3 is 2.47 bits per heavy atom. The van der Waals surface area contributed by atoms with Crippen molar-refractivity contribution in [2.24, 2.45) is 0 Å². The summed E-state index contributed by atoms with van der Waals surface area (Å²) in [5.41, 5.74) is 0. The average molecular weight is 236 g/mol. The lowest BCUT2D eigenvalue weighted by atomic mass is 10.3. The van der Waals surface area contributed by atoms with E-state index in [1.165, 1.54) is 11.3 Å². The predicted octanol–water partition coefficient (Wildman–Crippen LogP) is 4.74. The standard InChI is InChI=1S/C11H6ClNOS/c1-13-10-6-7-11(15-10)14-9-4-2-8(12)3-5-9/h2-7H. The molecule has 74 valence electrons. The number of rotatable bonds is 2. The number of thiophene rings is 1. The summed E-state index contributed by atoms with van der Waals surface area (Å²) >= 11 is 7.07. The van der Waals surface area contributed by atoms with Gasteiger partial charge < -0.3 is 4.74 Å². The Morgan fingerprint density at radius 2 is 1.87 bits per heavy atom. The highest BCUT2D eigenvalue weighted by atomic mass is 35.5. The molecule has 15 heavy (non-hydrogen) atoms. The Hall–Kier alpha value is -1.50. The molecular formula is C11H6ClNOS. The third-order valence-electron chi connectivity index (χ3n) is 1.71. The van der Waals surface area contributed by atoms with Crippen LogP contribution in [0.2, 0.25) is 5.02 Å². The van der Waals surface area contributed by atoms with Crippen LogP contribution < -0.4 is 4.74 Å². The van der Waals surface area contributed by atoms with Gasteiger partial charge in [-0.15, -0.1) is 11.3 Å². The molecule has 0 saturated heterocycles. The van der Waals surface area contributed by atoms with E-state index in [-0.39, 0.29) is 0 Å².